The van der Waals surface area contributed by atoms with E-state index in [1.54, 1.807) is 0 Å². The molecule has 1 N–H and O–H groups in total. The summed E-state index contributed by atoms with van der Waals surface area (Å²) in [4.78, 5) is 11.1. The van der Waals surface area contributed by atoms with Crippen LogP contribution in [0.2, 0.25) is 0 Å². The van der Waals surface area contributed by atoms with Crippen molar-refractivity contribution in [3.63, 3.8) is 0 Å². The maximum absolute atomic E-state index is 5.99. The molecule has 2 heterocycles. The number of nitrogens with one attached hydrogen (secondary N) is 1. The van der Waals surface area contributed by atoms with Crippen LogP contribution in [0.25, 0.3) is 0 Å². The molecule has 0 aliphatic carbocycles. The van der Waals surface area contributed by atoms with Gasteiger partial charge in [-0.2, -0.15) is 4.98 Å². The van der Waals surface area contributed by atoms with Crippen LogP contribution in [0.3, 0.4) is 0 Å². The fourth-order valence-electron chi connectivity index (χ4n) is 2.22. The van der Waals surface area contributed by atoms with Crippen LogP contribution >= 0.6 is 0 Å². The number of rotatable bonds is 5. The van der Waals surface area contributed by atoms with Crippen LogP contribution in [0.4, 0.5) is 5.82 Å². The summed E-state index contributed by atoms with van der Waals surface area (Å²) in [5.41, 5.74) is 0. The first kappa shape index (κ1) is 14.1. The first-order valence-electron chi connectivity index (χ1n) is 7.12. The van der Waals surface area contributed by atoms with E-state index in [0.717, 1.165) is 50.5 Å². The summed E-state index contributed by atoms with van der Waals surface area (Å²) in [6.07, 6.45) is 3.49. The van der Waals surface area contributed by atoms with Gasteiger partial charge >= 0.3 is 0 Å². The van der Waals surface area contributed by atoms with E-state index in [9.17, 15) is 0 Å². The molecule has 0 saturated carbocycles. The van der Waals surface area contributed by atoms with E-state index >= 15 is 0 Å². The van der Waals surface area contributed by atoms with Gasteiger partial charge < -0.3 is 15.0 Å². The highest BCUT2D eigenvalue weighted by atomic mass is 16.5. The van der Waals surface area contributed by atoms with Crippen LogP contribution in [0.1, 0.15) is 32.0 Å². The zero-order chi connectivity index (χ0) is 13.7. The lowest BCUT2D eigenvalue weighted by molar-refractivity contribution is 0.110. The van der Waals surface area contributed by atoms with Crippen molar-refractivity contribution in [1.82, 2.24) is 14.9 Å². The summed E-state index contributed by atoms with van der Waals surface area (Å²) >= 11 is 0. The van der Waals surface area contributed by atoms with Crippen molar-refractivity contribution in [2.75, 3.05) is 32.0 Å². The van der Waals surface area contributed by atoms with E-state index in [0.29, 0.717) is 5.88 Å². The number of ether oxygens (including phenoxy) is 1. The number of anilines is 1. The maximum atomic E-state index is 5.99. The van der Waals surface area contributed by atoms with Gasteiger partial charge in [0.25, 0.3) is 0 Å². The van der Waals surface area contributed by atoms with E-state index in [1.165, 1.54) is 0 Å². The van der Waals surface area contributed by atoms with Gasteiger partial charge in [0.15, 0.2) is 0 Å². The van der Waals surface area contributed by atoms with Crippen LogP contribution < -0.4 is 10.1 Å². The van der Waals surface area contributed by atoms with Crippen molar-refractivity contribution >= 4 is 5.82 Å². The van der Waals surface area contributed by atoms with Crippen molar-refractivity contribution in [2.45, 2.75) is 39.2 Å². The molecule has 0 radical (unpaired) electrons. The Hall–Kier alpha value is -1.36. The van der Waals surface area contributed by atoms with E-state index in [4.69, 9.17) is 4.74 Å². The molecule has 0 bridgehead atoms. The van der Waals surface area contributed by atoms with E-state index in [1.807, 2.05) is 13.0 Å². The average molecular weight is 264 g/mol. The molecule has 0 atom stereocenters. The molecule has 1 aromatic rings. The largest absolute Gasteiger partial charge is 0.474 e. The summed E-state index contributed by atoms with van der Waals surface area (Å²) < 4.78 is 5.99. The zero-order valence-electron chi connectivity index (χ0n) is 12.1. The smallest absolute Gasteiger partial charge is 0.218 e. The SMILES string of the molecule is CCCNc1cc(OC2CCN(C)CC2)nc(C)n1. The maximum Gasteiger partial charge on any atom is 0.218 e. The Morgan fingerprint density at radius 1 is 1.37 bits per heavy atom. The van der Waals surface area contributed by atoms with Gasteiger partial charge in [0.2, 0.25) is 5.88 Å². The number of aromatic nitrogens is 2. The molecule has 1 fully saturated rings. The third kappa shape index (κ3) is 4.35. The Bertz CT molecular complexity index is 402. The van der Waals surface area contributed by atoms with Gasteiger partial charge in [-0.3, -0.25) is 0 Å². The Kier molecular flexibility index (Phi) is 4.96. The molecular formula is C14H24N4O. The highest BCUT2D eigenvalue weighted by Gasteiger charge is 2.18. The van der Waals surface area contributed by atoms with E-state index in [2.05, 4.69) is 34.2 Å². The predicted molar refractivity (Wildman–Crippen MR) is 76.7 cm³/mol. The molecule has 1 aromatic heterocycles. The molecule has 0 unspecified atom stereocenters. The molecule has 5 heteroatoms. The number of aryl methyl sites for hydroxylation is 1. The second-order valence-corrected chi connectivity index (χ2v) is 5.19. The minimum Gasteiger partial charge on any atom is -0.474 e. The summed E-state index contributed by atoms with van der Waals surface area (Å²) in [5.74, 6) is 2.31. The molecule has 5 nitrogen and oxygen atoms in total. The molecule has 19 heavy (non-hydrogen) atoms. The Labute approximate surface area is 115 Å². The van der Waals surface area contributed by atoms with Crippen LogP contribution in [0, 0.1) is 6.92 Å². The number of hydrogen-bond donors (Lipinski definition) is 1. The van der Waals surface area contributed by atoms with Gasteiger partial charge in [0.1, 0.15) is 17.7 Å². The third-order valence-electron chi connectivity index (χ3n) is 3.32. The van der Waals surface area contributed by atoms with Crippen LogP contribution in [0.5, 0.6) is 5.88 Å². The van der Waals surface area contributed by atoms with Gasteiger partial charge in [-0.25, -0.2) is 4.98 Å². The summed E-state index contributed by atoms with van der Waals surface area (Å²) in [7, 11) is 2.15. The first-order chi connectivity index (χ1) is 9.17. The predicted octanol–water partition coefficient (Wildman–Crippen LogP) is 2.08. The second-order valence-electron chi connectivity index (χ2n) is 5.19. The fraction of sp³-hybridized carbons (Fsp3) is 0.714. The number of hydrogen-bond acceptors (Lipinski definition) is 5. The normalized spacial score (nSPS) is 17.4. The molecule has 0 spiro atoms. The van der Waals surface area contributed by atoms with Crippen molar-refractivity contribution in [3.05, 3.63) is 11.9 Å². The van der Waals surface area contributed by atoms with Gasteiger partial charge in [-0.15, -0.1) is 0 Å². The molecule has 2 rings (SSSR count). The standard InChI is InChI=1S/C14H24N4O/c1-4-7-15-13-10-14(17-11(2)16-13)19-12-5-8-18(3)9-6-12/h10,12H,4-9H2,1-3H3,(H,15,16,17). The first-order valence-corrected chi connectivity index (χ1v) is 7.12. The average Bonchev–Trinajstić information content (AvgIpc) is 2.38. The lowest BCUT2D eigenvalue weighted by Gasteiger charge is -2.29. The van der Waals surface area contributed by atoms with Crippen molar-refractivity contribution < 1.29 is 4.74 Å². The molecule has 1 aliphatic heterocycles. The van der Waals surface area contributed by atoms with Crippen LogP contribution in [-0.2, 0) is 0 Å². The minimum absolute atomic E-state index is 0.282. The van der Waals surface area contributed by atoms with Crippen LogP contribution in [-0.4, -0.2) is 47.7 Å². The molecule has 0 aromatic carbocycles. The summed E-state index contributed by atoms with van der Waals surface area (Å²) in [5, 5.41) is 3.28. The molecule has 0 amide bonds. The third-order valence-corrected chi connectivity index (χ3v) is 3.32. The quantitative estimate of drug-likeness (QED) is 0.882. The lowest BCUT2D eigenvalue weighted by atomic mass is 10.1. The lowest BCUT2D eigenvalue weighted by Crippen LogP contribution is -2.35. The number of likely N-dealkylation sites (tertiary alicyclic amines) is 1. The highest BCUT2D eigenvalue weighted by molar-refractivity contribution is 5.38. The topological polar surface area (TPSA) is 50.3 Å². The van der Waals surface area contributed by atoms with Crippen molar-refractivity contribution in [3.8, 4) is 5.88 Å². The van der Waals surface area contributed by atoms with Crippen LogP contribution in [0.15, 0.2) is 6.07 Å². The second kappa shape index (κ2) is 6.70. The van der Waals surface area contributed by atoms with Gasteiger partial charge in [-0.05, 0) is 33.2 Å². The molecular weight excluding hydrogens is 240 g/mol. The molecule has 106 valence electrons. The van der Waals surface area contributed by atoms with E-state index < -0.39 is 0 Å². The van der Waals surface area contributed by atoms with Crippen molar-refractivity contribution in [1.29, 1.82) is 0 Å². The Morgan fingerprint density at radius 3 is 2.79 bits per heavy atom. The van der Waals surface area contributed by atoms with E-state index in [-0.39, 0.29) is 6.10 Å². The van der Waals surface area contributed by atoms with Gasteiger partial charge in [-0.1, -0.05) is 6.92 Å². The van der Waals surface area contributed by atoms with Crippen molar-refractivity contribution in [2.24, 2.45) is 0 Å². The summed E-state index contributed by atoms with van der Waals surface area (Å²) in [6, 6.07) is 1.90. The van der Waals surface area contributed by atoms with Gasteiger partial charge in [0.05, 0.1) is 0 Å². The number of nitrogens with zero attached hydrogens (tertiary/aromatic N) is 3. The Morgan fingerprint density at radius 2 is 2.11 bits per heavy atom. The monoisotopic (exact) mass is 264 g/mol. The van der Waals surface area contributed by atoms with Gasteiger partial charge in [0, 0.05) is 25.7 Å². The zero-order valence-corrected chi connectivity index (χ0v) is 12.1. The highest BCUT2D eigenvalue weighted by Crippen LogP contribution is 2.19. The fourth-order valence-corrected chi connectivity index (χ4v) is 2.22. The Balaban J connectivity index is 1.97. The summed E-state index contributed by atoms with van der Waals surface area (Å²) in [6.45, 7) is 7.14. The molecule has 1 aliphatic rings. The number of piperidine rings is 1. The molecule has 1 saturated heterocycles. The minimum atomic E-state index is 0.282.